The fourth-order valence-electron chi connectivity index (χ4n) is 1.47. The van der Waals surface area contributed by atoms with E-state index in [0.29, 0.717) is 4.47 Å². The third-order valence-electron chi connectivity index (χ3n) is 2.77. The molecule has 7 heteroatoms. The number of benzene rings is 1. The topological polar surface area (TPSA) is 75.3 Å². The Morgan fingerprint density at radius 3 is 2.70 bits per heavy atom. The van der Waals surface area contributed by atoms with E-state index in [4.69, 9.17) is 0 Å². The molecule has 0 fully saturated rings. The normalized spacial score (nSPS) is 12.9. The van der Waals surface area contributed by atoms with Crippen molar-refractivity contribution in [3.63, 3.8) is 0 Å². The molecule has 2 N–H and O–H groups in total. The van der Waals surface area contributed by atoms with Gasteiger partial charge in [-0.05, 0) is 31.5 Å². The lowest BCUT2D eigenvalue weighted by atomic mass is 10.2. The second-order valence-electron chi connectivity index (χ2n) is 4.48. The van der Waals surface area contributed by atoms with E-state index < -0.39 is 10.0 Å². The van der Waals surface area contributed by atoms with E-state index in [9.17, 15) is 13.2 Å². The summed E-state index contributed by atoms with van der Waals surface area (Å²) in [6.07, 6.45) is 0.965. The first-order valence-corrected chi connectivity index (χ1v) is 8.67. The molecule has 112 valence electrons. The minimum Gasteiger partial charge on any atom is -0.354 e. The van der Waals surface area contributed by atoms with Gasteiger partial charge in [-0.1, -0.05) is 28.9 Å². The van der Waals surface area contributed by atoms with E-state index in [0.717, 1.165) is 6.42 Å². The molecule has 1 aromatic rings. The van der Waals surface area contributed by atoms with Crippen molar-refractivity contribution in [2.24, 2.45) is 0 Å². The Bertz CT molecular complexity index is 560. The van der Waals surface area contributed by atoms with Crippen LogP contribution in [-0.4, -0.2) is 26.9 Å². The molecule has 1 unspecified atom stereocenters. The van der Waals surface area contributed by atoms with Gasteiger partial charge in [0.2, 0.25) is 15.9 Å². The molecular weight excluding hydrogens is 344 g/mol. The van der Waals surface area contributed by atoms with Gasteiger partial charge < -0.3 is 5.32 Å². The van der Waals surface area contributed by atoms with E-state index in [1.165, 1.54) is 12.1 Å². The van der Waals surface area contributed by atoms with Crippen molar-refractivity contribution in [1.82, 2.24) is 10.0 Å². The minimum atomic E-state index is -3.57. The number of nitrogens with one attached hydrogen (secondary N) is 2. The summed E-state index contributed by atoms with van der Waals surface area (Å²) in [5.74, 6) is -0.156. The first kappa shape index (κ1) is 17.1. The van der Waals surface area contributed by atoms with Crippen molar-refractivity contribution in [2.75, 3.05) is 6.54 Å². The summed E-state index contributed by atoms with van der Waals surface area (Å²) in [6, 6.07) is 6.52. The van der Waals surface area contributed by atoms with Crippen LogP contribution in [0.4, 0.5) is 0 Å². The Labute approximate surface area is 128 Å². The summed E-state index contributed by atoms with van der Waals surface area (Å²) >= 11 is 3.22. The molecule has 0 spiro atoms. The monoisotopic (exact) mass is 362 g/mol. The Kier molecular flexibility index (Phi) is 6.64. The van der Waals surface area contributed by atoms with Crippen LogP contribution in [0.3, 0.4) is 0 Å². The van der Waals surface area contributed by atoms with Gasteiger partial charge in [-0.3, -0.25) is 4.79 Å². The fourth-order valence-corrected chi connectivity index (χ4v) is 3.09. The third-order valence-corrected chi connectivity index (χ3v) is 4.72. The number of carbonyl (C=O) groups is 1. The van der Waals surface area contributed by atoms with Crippen molar-refractivity contribution >= 4 is 31.9 Å². The molecule has 1 atom stereocenters. The van der Waals surface area contributed by atoms with Crippen LogP contribution in [0.2, 0.25) is 0 Å². The molecule has 0 aliphatic heterocycles. The first-order valence-electron chi connectivity index (χ1n) is 6.39. The van der Waals surface area contributed by atoms with Crippen molar-refractivity contribution < 1.29 is 13.2 Å². The number of halogens is 1. The zero-order valence-electron chi connectivity index (χ0n) is 11.5. The molecule has 0 radical (unpaired) electrons. The number of carbonyl (C=O) groups excluding carboxylic acids is 1. The number of hydrogen-bond acceptors (Lipinski definition) is 3. The van der Waals surface area contributed by atoms with Gasteiger partial charge in [0.25, 0.3) is 0 Å². The molecular formula is C13H19BrN2O3S. The number of hydrogen-bond donors (Lipinski definition) is 2. The second-order valence-corrected chi connectivity index (χ2v) is 7.16. The van der Waals surface area contributed by atoms with Gasteiger partial charge in [0.05, 0.1) is 4.90 Å². The lowest BCUT2D eigenvalue weighted by molar-refractivity contribution is -0.121. The van der Waals surface area contributed by atoms with Crippen LogP contribution in [0.5, 0.6) is 0 Å². The summed E-state index contributed by atoms with van der Waals surface area (Å²) < 4.78 is 27.1. The minimum absolute atomic E-state index is 0.0805. The van der Waals surface area contributed by atoms with Gasteiger partial charge in [-0.2, -0.15) is 0 Å². The quantitative estimate of drug-likeness (QED) is 0.779. The SMILES string of the molecule is CCC(C)NC(=O)CCNS(=O)(=O)c1cccc(Br)c1. The van der Waals surface area contributed by atoms with Crippen LogP contribution in [0, 0.1) is 0 Å². The maximum atomic E-state index is 12.0. The maximum absolute atomic E-state index is 12.0. The number of amides is 1. The molecule has 1 rings (SSSR count). The Morgan fingerprint density at radius 2 is 2.10 bits per heavy atom. The smallest absolute Gasteiger partial charge is 0.240 e. The van der Waals surface area contributed by atoms with Gasteiger partial charge in [0, 0.05) is 23.5 Å². The third kappa shape index (κ3) is 5.60. The van der Waals surface area contributed by atoms with E-state index in [2.05, 4.69) is 26.0 Å². The lowest BCUT2D eigenvalue weighted by Crippen LogP contribution is -2.35. The summed E-state index contributed by atoms with van der Waals surface area (Å²) in [5, 5.41) is 2.78. The highest BCUT2D eigenvalue weighted by Gasteiger charge is 2.14. The standard InChI is InChI=1S/C13H19BrN2O3S/c1-3-10(2)16-13(17)7-8-15-20(18,19)12-6-4-5-11(14)9-12/h4-6,9-10,15H,3,7-8H2,1-2H3,(H,16,17). The molecule has 0 heterocycles. The molecule has 1 amide bonds. The number of sulfonamides is 1. The highest BCUT2D eigenvalue weighted by atomic mass is 79.9. The lowest BCUT2D eigenvalue weighted by Gasteiger charge is -2.11. The van der Waals surface area contributed by atoms with Gasteiger partial charge in [-0.25, -0.2) is 13.1 Å². The van der Waals surface area contributed by atoms with E-state index >= 15 is 0 Å². The Balaban J connectivity index is 2.51. The van der Waals surface area contributed by atoms with Gasteiger partial charge >= 0.3 is 0 Å². The summed E-state index contributed by atoms with van der Waals surface area (Å²) in [6.45, 7) is 3.96. The van der Waals surface area contributed by atoms with Crippen LogP contribution in [0.25, 0.3) is 0 Å². The van der Waals surface area contributed by atoms with Crippen LogP contribution < -0.4 is 10.0 Å². The highest BCUT2D eigenvalue weighted by Crippen LogP contribution is 2.15. The van der Waals surface area contributed by atoms with Gasteiger partial charge in [0.1, 0.15) is 0 Å². The van der Waals surface area contributed by atoms with Crippen LogP contribution in [-0.2, 0) is 14.8 Å². The molecule has 0 saturated heterocycles. The first-order chi connectivity index (χ1) is 9.35. The summed E-state index contributed by atoms with van der Waals surface area (Å²) in [4.78, 5) is 11.7. The van der Waals surface area contributed by atoms with Crippen molar-refractivity contribution in [3.8, 4) is 0 Å². The molecule has 0 bridgehead atoms. The maximum Gasteiger partial charge on any atom is 0.240 e. The summed E-state index contributed by atoms with van der Waals surface area (Å²) in [5.41, 5.74) is 0. The second kappa shape index (κ2) is 7.75. The number of rotatable bonds is 7. The molecule has 0 aromatic heterocycles. The zero-order valence-corrected chi connectivity index (χ0v) is 13.9. The van der Waals surface area contributed by atoms with Crippen LogP contribution in [0.1, 0.15) is 26.7 Å². The van der Waals surface area contributed by atoms with E-state index in [1.807, 2.05) is 13.8 Å². The molecule has 1 aromatic carbocycles. The Hall–Kier alpha value is -0.920. The zero-order chi connectivity index (χ0) is 15.2. The van der Waals surface area contributed by atoms with Gasteiger partial charge in [-0.15, -0.1) is 0 Å². The molecule has 0 aliphatic carbocycles. The van der Waals surface area contributed by atoms with E-state index in [-0.39, 0.29) is 29.8 Å². The average Bonchev–Trinajstić information content (AvgIpc) is 2.38. The predicted molar refractivity (Wildman–Crippen MR) is 81.8 cm³/mol. The Morgan fingerprint density at radius 1 is 1.40 bits per heavy atom. The summed E-state index contributed by atoms with van der Waals surface area (Å²) in [7, 11) is -3.57. The van der Waals surface area contributed by atoms with Crippen molar-refractivity contribution in [2.45, 2.75) is 37.6 Å². The molecule has 0 aliphatic rings. The predicted octanol–water partition coefficient (Wildman–Crippen LogP) is 2.03. The van der Waals surface area contributed by atoms with Gasteiger partial charge in [0.15, 0.2) is 0 Å². The van der Waals surface area contributed by atoms with Crippen molar-refractivity contribution in [3.05, 3.63) is 28.7 Å². The fraction of sp³-hybridized carbons (Fsp3) is 0.462. The molecule has 0 saturated carbocycles. The molecule has 5 nitrogen and oxygen atoms in total. The van der Waals surface area contributed by atoms with E-state index in [1.54, 1.807) is 12.1 Å². The average molecular weight is 363 g/mol. The largest absolute Gasteiger partial charge is 0.354 e. The van der Waals surface area contributed by atoms with Crippen LogP contribution in [0.15, 0.2) is 33.6 Å². The highest BCUT2D eigenvalue weighted by molar-refractivity contribution is 9.10. The van der Waals surface area contributed by atoms with Crippen molar-refractivity contribution in [1.29, 1.82) is 0 Å². The van der Waals surface area contributed by atoms with Crippen LogP contribution >= 0.6 is 15.9 Å². The molecule has 20 heavy (non-hydrogen) atoms.